The molecule has 0 aliphatic carbocycles. The predicted octanol–water partition coefficient (Wildman–Crippen LogP) is 0.733. The summed E-state index contributed by atoms with van der Waals surface area (Å²) in [6.07, 6.45) is 2.29. The van der Waals surface area contributed by atoms with E-state index in [0.717, 1.165) is 17.5 Å². The lowest BCUT2D eigenvalue weighted by molar-refractivity contribution is 0.0952. The topological polar surface area (TPSA) is 96.7 Å². The first-order valence-electron chi connectivity index (χ1n) is 5.92. The van der Waals surface area contributed by atoms with E-state index in [-0.39, 0.29) is 11.9 Å². The average Bonchev–Trinajstić information content (AvgIpc) is 2.70. The summed E-state index contributed by atoms with van der Waals surface area (Å²) in [5, 5.41) is 10.5. The maximum Gasteiger partial charge on any atom is 0.252 e. The molecule has 0 aromatic carbocycles. The minimum atomic E-state index is -0.134. The molecule has 1 atom stereocenters. The minimum Gasteiger partial charge on any atom is -0.352 e. The van der Waals surface area contributed by atoms with Gasteiger partial charge in [-0.05, 0) is 26.3 Å². The third-order valence-corrected chi connectivity index (χ3v) is 2.75. The summed E-state index contributed by atoms with van der Waals surface area (Å²) in [5.74, 6) is -0.134. The van der Waals surface area contributed by atoms with Crippen LogP contribution in [-0.4, -0.2) is 33.7 Å². The van der Waals surface area contributed by atoms with Gasteiger partial charge in [-0.3, -0.25) is 9.89 Å². The van der Waals surface area contributed by atoms with E-state index in [2.05, 4.69) is 20.5 Å². The van der Waals surface area contributed by atoms with Gasteiger partial charge in [-0.2, -0.15) is 5.10 Å². The first-order chi connectivity index (χ1) is 8.58. The number of pyridine rings is 1. The average molecular weight is 247 g/mol. The van der Waals surface area contributed by atoms with Gasteiger partial charge in [0.15, 0.2) is 5.65 Å². The Morgan fingerprint density at radius 2 is 2.39 bits per heavy atom. The first-order valence-corrected chi connectivity index (χ1v) is 5.92. The number of hydrogen-bond donors (Lipinski definition) is 3. The Kier molecular flexibility index (Phi) is 3.57. The molecule has 2 aromatic rings. The van der Waals surface area contributed by atoms with Gasteiger partial charge in [-0.15, -0.1) is 0 Å². The van der Waals surface area contributed by atoms with Crippen LogP contribution in [0.2, 0.25) is 0 Å². The van der Waals surface area contributed by atoms with Gasteiger partial charge < -0.3 is 11.1 Å². The molecule has 0 spiro atoms. The lowest BCUT2D eigenvalue weighted by Crippen LogP contribution is -2.29. The summed E-state index contributed by atoms with van der Waals surface area (Å²) in [4.78, 5) is 16.0. The van der Waals surface area contributed by atoms with Crippen LogP contribution in [-0.2, 0) is 0 Å². The third-order valence-electron chi connectivity index (χ3n) is 2.75. The number of aromatic amines is 1. The van der Waals surface area contributed by atoms with Crippen LogP contribution in [0.3, 0.4) is 0 Å². The maximum atomic E-state index is 11.9. The Bertz CT molecular complexity index is 561. The summed E-state index contributed by atoms with van der Waals surface area (Å²) in [7, 11) is 0. The van der Waals surface area contributed by atoms with Crippen molar-refractivity contribution in [1.29, 1.82) is 0 Å². The molecule has 2 heterocycles. The van der Waals surface area contributed by atoms with Gasteiger partial charge in [0.25, 0.3) is 5.91 Å². The van der Waals surface area contributed by atoms with Gasteiger partial charge in [-0.1, -0.05) is 0 Å². The summed E-state index contributed by atoms with van der Waals surface area (Å²) < 4.78 is 0. The summed E-state index contributed by atoms with van der Waals surface area (Å²) in [6, 6.07) is 1.88. The van der Waals surface area contributed by atoms with Crippen LogP contribution in [0.1, 0.15) is 29.4 Å². The van der Waals surface area contributed by atoms with Gasteiger partial charge in [0.2, 0.25) is 0 Å². The Balaban J connectivity index is 2.10. The molecule has 6 heteroatoms. The molecule has 2 aromatic heterocycles. The van der Waals surface area contributed by atoms with E-state index in [1.165, 1.54) is 6.20 Å². The van der Waals surface area contributed by atoms with E-state index in [9.17, 15) is 4.79 Å². The molecule has 0 aliphatic heterocycles. The van der Waals surface area contributed by atoms with Crippen LogP contribution in [0.25, 0.3) is 11.0 Å². The van der Waals surface area contributed by atoms with Crippen LogP contribution in [0.15, 0.2) is 12.3 Å². The molecule has 1 unspecified atom stereocenters. The molecular formula is C12H17N5O. The van der Waals surface area contributed by atoms with Crippen molar-refractivity contribution in [3.8, 4) is 0 Å². The van der Waals surface area contributed by atoms with Crippen molar-refractivity contribution in [1.82, 2.24) is 20.5 Å². The fourth-order valence-electron chi connectivity index (χ4n) is 1.66. The number of nitrogens with zero attached hydrogens (tertiary/aromatic N) is 2. The van der Waals surface area contributed by atoms with Crippen molar-refractivity contribution in [2.45, 2.75) is 26.3 Å². The third kappa shape index (κ3) is 2.65. The molecule has 0 bridgehead atoms. The number of nitrogens with one attached hydrogen (secondary N) is 2. The van der Waals surface area contributed by atoms with Crippen LogP contribution in [0.4, 0.5) is 0 Å². The molecule has 1 amide bonds. The monoisotopic (exact) mass is 247 g/mol. The van der Waals surface area contributed by atoms with E-state index < -0.39 is 0 Å². The number of hydrogen-bond acceptors (Lipinski definition) is 4. The highest BCUT2D eigenvalue weighted by molar-refractivity contribution is 5.97. The van der Waals surface area contributed by atoms with Crippen molar-refractivity contribution in [3.05, 3.63) is 23.5 Å². The zero-order valence-electron chi connectivity index (χ0n) is 10.5. The normalized spacial score (nSPS) is 12.6. The molecule has 4 N–H and O–H groups in total. The highest BCUT2D eigenvalue weighted by atomic mass is 16.1. The lowest BCUT2D eigenvalue weighted by Gasteiger charge is -2.07. The molecular weight excluding hydrogens is 230 g/mol. The SMILES string of the molecule is Cc1[nH]nc2ncc(C(=O)NCCC(C)N)cc12. The first kappa shape index (κ1) is 12.5. The van der Waals surface area contributed by atoms with E-state index >= 15 is 0 Å². The number of aryl methyl sites for hydroxylation is 1. The standard InChI is InChI=1S/C12H17N5O/c1-7(13)3-4-14-12(18)9-5-10-8(2)16-17-11(10)15-6-9/h5-7H,3-4,13H2,1-2H3,(H,14,18)(H,15,16,17). The minimum absolute atomic E-state index is 0.0852. The smallest absolute Gasteiger partial charge is 0.252 e. The zero-order valence-corrected chi connectivity index (χ0v) is 10.5. The molecule has 18 heavy (non-hydrogen) atoms. The molecule has 0 aliphatic rings. The summed E-state index contributed by atoms with van der Waals surface area (Å²) in [5.41, 5.74) is 7.69. The van der Waals surface area contributed by atoms with Crippen molar-refractivity contribution in [3.63, 3.8) is 0 Å². The van der Waals surface area contributed by atoms with Gasteiger partial charge in [0.1, 0.15) is 0 Å². The quantitative estimate of drug-likeness (QED) is 0.742. The highest BCUT2D eigenvalue weighted by Gasteiger charge is 2.09. The molecule has 0 fully saturated rings. The van der Waals surface area contributed by atoms with Gasteiger partial charge in [0.05, 0.1) is 5.56 Å². The van der Waals surface area contributed by atoms with Crippen molar-refractivity contribution >= 4 is 16.9 Å². The molecule has 0 saturated heterocycles. The molecule has 96 valence electrons. The predicted molar refractivity (Wildman–Crippen MR) is 69.2 cm³/mol. The van der Waals surface area contributed by atoms with Crippen molar-refractivity contribution < 1.29 is 4.79 Å². The largest absolute Gasteiger partial charge is 0.352 e. The Morgan fingerprint density at radius 3 is 3.11 bits per heavy atom. The zero-order chi connectivity index (χ0) is 13.1. The fourth-order valence-corrected chi connectivity index (χ4v) is 1.66. The molecule has 6 nitrogen and oxygen atoms in total. The van der Waals surface area contributed by atoms with E-state index in [1.54, 1.807) is 6.07 Å². The number of nitrogens with two attached hydrogens (primary N) is 1. The number of amides is 1. The molecule has 0 radical (unpaired) electrons. The van der Waals surface area contributed by atoms with Crippen LogP contribution in [0, 0.1) is 6.92 Å². The number of fused-ring (bicyclic) bond motifs is 1. The Hall–Kier alpha value is -1.95. The van der Waals surface area contributed by atoms with Crippen LogP contribution >= 0.6 is 0 Å². The number of aromatic nitrogens is 3. The number of carbonyl (C=O) groups is 1. The second-order valence-corrected chi connectivity index (χ2v) is 4.47. The molecule has 2 rings (SSSR count). The van der Waals surface area contributed by atoms with E-state index in [0.29, 0.717) is 17.8 Å². The van der Waals surface area contributed by atoms with Crippen molar-refractivity contribution in [2.75, 3.05) is 6.54 Å². The Morgan fingerprint density at radius 1 is 1.61 bits per heavy atom. The van der Waals surface area contributed by atoms with E-state index in [1.807, 2.05) is 13.8 Å². The fraction of sp³-hybridized carbons (Fsp3) is 0.417. The van der Waals surface area contributed by atoms with Gasteiger partial charge in [0, 0.05) is 29.9 Å². The van der Waals surface area contributed by atoms with Gasteiger partial charge in [-0.25, -0.2) is 4.98 Å². The van der Waals surface area contributed by atoms with E-state index in [4.69, 9.17) is 5.73 Å². The Labute approximate surface area is 105 Å². The van der Waals surface area contributed by atoms with Crippen LogP contribution < -0.4 is 11.1 Å². The number of carbonyl (C=O) groups excluding carboxylic acids is 1. The second kappa shape index (κ2) is 5.14. The van der Waals surface area contributed by atoms with Crippen molar-refractivity contribution in [2.24, 2.45) is 5.73 Å². The van der Waals surface area contributed by atoms with Crippen LogP contribution in [0.5, 0.6) is 0 Å². The lowest BCUT2D eigenvalue weighted by atomic mass is 10.2. The maximum absolute atomic E-state index is 11.9. The second-order valence-electron chi connectivity index (χ2n) is 4.47. The highest BCUT2D eigenvalue weighted by Crippen LogP contribution is 2.14. The number of H-pyrrole nitrogens is 1. The van der Waals surface area contributed by atoms with Gasteiger partial charge >= 0.3 is 0 Å². The summed E-state index contributed by atoms with van der Waals surface area (Å²) >= 11 is 0. The number of rotatable bonds is 4. The molecule has 0 saturated carbocycles. The summed E-state index contributed by atoms with van der Waals surface area (Å²) in [6.45, 7) is 4.38.